The number of benzene rings is 8. The molecule has 0 amide bonds. The molecule has 0 saturated heterocycles. The summed E-state index contributed by atoms with van der Waals surface area (Å²) in [5, 5.41) is 0. The van der Waals surface area contributed by atoms with E-state index in [1.807, 2.05) is 12.1 Å². The minimum atomic E-state index is -0.292. The number of hydrogen-bond acceptors (Lipinski definition) is 4. The molecule has 0 spiro atoms. The minimum Gasteiger partial charge on any atom is -0.456 e. The summed E-state index contributed by atoms with van der Waals surface area (Å²) in [6.45, 7) is 4.50. The van der Waals surface area contributed by atoms with Crippen molar-refractivity contribution in [1.82, 2.24) is 15.0 Å². The zero-order valence-corrected chi connectivity index (χ0v) is 32.3. The van der Waals surface area contributed by atoms with Crippen LogP contribution in [0.5, 0.6) is 11.5 Å². The molecule has 10 rings (SSSR count). The fourth-order valence-corrected chi connectivity index (χ4v) is 8.63. The molecule has 58 heavy (non-hydrogen) atoms. The van der Waals surface area contributed by atoms with Gasteiger partial charge in [-0.05, 0) is 56.6 Å². The number of hydrogen-bond donors (Lipinski definition) is 0. The van der Waals surface area contributed by atoms with Crippen molar-refractivity contribution in [3.63, 3.8) is 0 Å². The van der Waals surface area contributed by atoms with Crippen molar-refractivity contribution in [3.05, 3.63) is 212 Å². The lowest BCUT2D eigenvalue weighted by atomic mass is 9.75. The van der Waals surface area contributed by atoms with E-state index in [4.69, 9.17) is 19.7 Å². The van der Waals surface area contributed by atoms with Crippen LogP contribution >= 0.6 is 0 Å². The quantitative estimate of drug-likeness (QED) is 0.163. The zero-order chi connectivity index (χ0) is 39.1. The van der Waals surface area contributed by atoms with Gasteiger partial charge in [0.05, 0.1) is 5.56 Å². The maximum atomic E-state index is 6.75. The third kappa shape index (κ3) is 5.98. The largest absolute Gasteiger partial charge is 0.456 e. The van der Waals surface area contributed by atoms with Crippen LogP contribution in [0.4, 0.5) is 0 Å². The topological polar surface area (TPSA) is 47.9 Å². The Morgan fingerprint density at radius 3 is 1.21 bits per heavy atom. The van der Waals surface area contributed by atoms with Gasteiger partial charge in [0.25, 0.3) is 0 Å². The van der Waals surface area contributed by atoms with Crippen molar-refractivity contribution in [2.24, 2.45) is 0 Å². The first-order chi connectivity index (χ1) is 28.6. The summed E-state index contributed by atoms with van der Waals surface area (Å²) < 4.78 is 6.75. The summed E-state index contributed by atoms with van der Waals surface area (Å²) >= 11 is 0. The van der Waals surface area contributed by atoms with Crippen LogP contribution in [0.2, 0.25) is 0 Å². The average molecular weight is 746 g/mol. The van der Waals surface area contributed by atoms with Crippen molar-refractivity contribution in [3.8, 4) is 89.9 Å². The highest BCUT2D eigenvalue weighted by Crippen LogP contribution is 2.56. The van der Waals surface area contributed by atoms with Crippen LogP contribution in [0.3, 0.4) is 0 Å². The number of para-hydroxylation sites is 2. The average Bonchev–Trinajstić information content (AvgIpc) is 3.29. The van der Waals surface area contributed by atoms with Crippen LogP contribution in [0, 0.1) is 0 Å². The SMILES string of the molecule is CC1(C)c2ccccc2Oc2c(-c3ncnc(-c4c(-c5ccccc5)c(-c5ccccc5)c(-c5ccccc5)c(-c5ccccc5)c4-c4ccccc4)n3)cccc21. The molecule has 2 heterocycles. The minimum absolute atomic E-state index is 0.292. The lowest BCUT2D eigenvalue weighted by molar-refractivity contribution is 0.419. The molecule has 8 aromatic carbocycles. The summed E-state index contributed by atoms with van der Waals surface area (Å²) in [4.78, 5) is 15.4. The molecule has 0 unspecified atom stereocenters. The molecule has 0 atom stereocenters. The molecule has 9 aromatic rings. The van der Waals surface area contributed by atoms with E-state index in [1.165, 1.54) is 0 Å². The first-order valence-electron chi connectivity index (χ1n) is 19.7. The maximum Gasteiger partial charge on any atom is 0.167 e. The van der Waals surface area contributed by atoms with Gasteiger partial charge in [-0.25, -0.2) is 15.0 Å². The molecule has 0 radical (unpaired) electrons. The van der Waals surface area contributed by atoms with Gasteiger partial charge in [-0.15, -0.1) is 0 Å². The summed E-state index contributed by atoms with van der Waals surface area (Å²) in [7, 11) is 0. The number of ether oxygens (including phenoxy) is 1. The van der Waals surface area contributed by atoms with Crippen LogP contribution in [-0.2, 0) is 5.41 Å². The van der Waals surface area contributed by atoms with Gasteiger partial charge in [-0.3, -0.25) is 0 Å². The molecule has 1 aromatic heterocycles. The molecule has 1 aliphatic heterocycles. The van der Waals surface area contributed by atoms with E-state index in [9.17, 15) is 0 Å². The van der Waals surface area contributed by atoms with Gasteiger partial charge in [0.2, 0.25) is 0 Å². The monoisotopic (exact) mass is 745 g/mol. The second kappa shape index (κ2) is 14.6. The standard InChI is InChI=1S/C54H39N3O/c1-54(2)42-32-18-19-34-44(42)58-51-41(31-20-33-43(51)54)52-55-35-56-53(57-52)50-48(39-27-14-6-15-28-39)46(37-23-10-4-11-24-37)45(36-21-8-3-9-22-36)47(38-25-12-5-13-26-38)49(50)40-29-16-7-17-30-40/h3-35H,1-2H3. The van der Waals surface area contributed by atoms with Crippen molar-refractivity contribution in [1.29, 1.82) is 0 Å². The number of rotatable bonds is 7. The van der Waals surface area contributed by atoms with E-state index >= 15 is 0 Å². The predicted octanol–water partition coefficient (Wildman–Crippen LogP) is 14.0. The Morgan fingerprint density at radius 2 is 0.741 bits per heavy atom. The second-order valence-corrected chi connectivity index (χ2v) is 15.1. The Morgan fingerprint density at radius 1 is 0.362 bits per heavy atom. The van der Waals surface area contributed by atoms with Gasteiger partial charge in [-0.2, -0.15) is 0 Å². The highest BCUT2D eigenvalue weighted by Gasteiger charge is 2.36. The normalized spacial score (nSPS) is 12.6. The van der Waals surface area contributed by atoms with Gasteiger partial charge < -0.3 is 4.74 Å². The lowest BCUT2D eigenvalue weighted by Crippen LogP contribution is -2.24. The van der Waals surface area contributed by atoms with Crippen molar-refractivity contribution in [2.75, 3.05) is 0 Å². The Hall–Kier alpha value is -7.43. The zero-order valence-electron chi connectivity index (χ0n) is 32.3. The second-order valence-electron chi connectivity index (χ2n) is 15.1. The van der Waals surface area contributed by atoms with Gasteiger partial charge >= 0.3 is 0 Å². The van der Waals surface area contributed by atoms with E-state index < -0.39 is 0 Å². The highest BCUT2D eigenvalue weighted by atomic mass is 16.5. The third-order valence-corrected chi connectivity index (χ3v) is 11.3. The maximum absolute atomic E-state index is 6.75. The summed E-state index contributed by atoms with van der Waals surface area (Å²) in [5.74, 6) is 2.73. The van der Waals surface area contributed by atoms with Crippen molar-refractivity contribution < 1.29 is 4.74 Å². The molecule has 0 N–H and O–H groups in total. The lowest BCUT2D eigenvalue weighted by Gasteiger charge is -2.35. The van der Waals surface area contributed by atoms with Gasteiger partial charge in [-0.1, -0.05) is 196 Å². The van der Waals surface area contributed by atoms with Crippen molar-refractivity contribution >= 4 is 0 Å². The van der Waals surface area contributed by atoms with E-state index in [0.29, 0.717) is 11.6 Å². The summed E-state index contributed by atoms with van der Waals surface area (Å²) in [6, 6.07) is 68.1. The van der Waals surface area contributed by atoms with Gasteiger partial charge in [0.15, 0.2) is 11.6 Å². The van der Waals surface area contributed by atoms with Crippen LogP contribution in [-0.4, -0.2) is 15.0 Å². The fraction of sp³-hybridized carbons (Fsp3) is 0.0556. The predicted molar refractivity (Wildman–Crippen MR) is 237 cm³/mol. The molecule has 4 heteroatoms. The molecule has 1 aliphatic rings. The van der Waals surface area contributed by atoms with Crippen LogP contribution < -0.4 is 4.74 Å². The Kier molecular flexibility index (Phi) is 8.80. The molecular formula is C54H39N3O. The first kappa shape index (κ1) is 35.0. The van der Waals surface area contributed by atoms with Crippen LogP contribution in [0.1, 0.15) is 25.0 Å². The summed E-state index contributed by atoms with van der Waals surface area (Å²) in [6.07, 6.45) is 1.65. The smallest absolute Gasteiger partial charge is 0.167 e. The molecule has 0 bridgehead atoms. The molecule has 4 nitrogen and oxygen atoms in total. The van der Waals surface area contributed by atoms with Gasteiger partial charge in [0.1, 0.15) is 17.8 Å². The molecule has 0 saturated carbocycles. The molecule has 0 aliphatic carbocycles. The van der Waals surface area contributed by atoms with E-state index in [-0.39, 0.29) is 5.41 Å². The third-order valence-electron chi connectivity index (χ3n) is 11.3. The van der Waals surface area contributed by atoms with E-state index in [2.05, 4.69) is 196 Å². The number of nitrogens with zero attached hydrogens (tertiary/aromatic N) is 3. The number of aromatic nitrogens is 3. The van der Waals surface area contributed by atoms with Crippen molar-refractivity contribution in [2.45, 2.75) is 19.3 Å². The Bertz CT molecular complexity index is 2810. The Labute approximate surface area is 339 Å². The fourth-order valence-electron chi connectivity index (χ4n) is 8.63. The number of fused-ring (bicyclic) bond motifs is 2. The molecule has 276 valence electrons. The van der Waals surface area contributed by atoms with Crippen LogP contribution in [0.15, 0.2) is 200 Å². The molecular weight excluding hydrogens is 707 g/mol. The molecule has 0 fully saturated rings. The summed E-state index contributed by atoms with van der Waals surface area (Å²) in [5.41, 5.74) is 14.6. The highest BCUT2D eigenvalue weighted by molar-refractivity contribution is 6.14. The van der Waals surface area contributed by atoms with E-state index in [1.54, 1.807) is 6.33 Å². The van der Waals surface area contributed by atoms with Crippen LogP contribution in [0.25, 0.3) is 78.4 Å². The van der Waals surface area contributed by atoms with Gasteiger partial charge in [0, 0.05) is 33.2 Å². The van der Waals surface area contributed by atoms with E-state index in [0.717, 1.165) is 89.4 Å². The first-order valence-corrected chi connectivity index (χ1v) is 19.7. The Balaban J connectivity index is 1.36.